The fraction of sp³-hybridized carbons (Fsp3) is 0.875. The minimum absolute atomic E-state index is 0.0345. The van der Waals surface area contributed by atoms with Gasteiger partial charge in [-0.15, -0.1) is 0 Å². The highest BCUT2D eigenvalue weighted by atomic mass is 16.2. The molecule has 2 amide bonds. The maximum absolute atomic E-state index is 12.5. The molecule has 5 nitrogen and oxygen atoms in total. The molecule has 0 aromatic carbocycles. The smallest absolute Gasteiger partial charge is 0.245 e. The minimum atomic E-state index is -0.742. The molecule has 0 spiro atoms. The topological polar surface area (TPSA) is 84.2 Å². The molecule has 0 aliphatic heterocycles. The van der Waals surface area contributed by atoms with Crippen molar-refractivity contribution in [3.05, 3.63) is 0 Å². The Labute approximate surface area is 128 Å². The molecule has 1 rings (SSSR count). The lowest BCUT2D eigenvalue weighted by molar-refractivity contribution is -0.135. The van der Waals surface area contributed by atoms with Crippen molar-refractivity contribution in [2.24, 2.45) is 5.73 Å². The molecule has 0 saturated heterocycles. The van der Waals surface area contributed by atoms with E-state index in [0.29, 0.717) is 13.0 Å². The molecule has 0 heterocycles. The number of amides is 2. The summed E-state index contributed by atoms with van der Waals surface area (Å²) in [4.78, 5) is 24.8. The zero-order valence-electron chi connectivity index (χ0n) is 13.5. The summed E-state index contributed by atoms with van der Waals surface area (Å²) in [6.07, 6.45) is 8.04. The zero-order valence-corrected chi connectivity index (χ0v) is 13.5. The summed E-state index contributed by atoms with van der Waals surface area (Å²) in [5.41, 5.74) is 5.14. The molecule has 1 unspecified atom stereocenters. The van der Waals surface area contributed by atoms with Crippen LogP contribution in [0.1, 0.15) is 71.6 Å². The number of nitrogens with two attached hydrogens (primary N) is 1. The normalized spacial score (nSPS) is 18.8. The fourth-order valence-electron chi connectivity index (χ4n) is 2.88. The maximum Gasteiger partial charge on any atom is 0.245 e. The fourth-order valence-corrected chi connectivity index (χ4v) is 2.88. The van der Waals surface area contributed by atoms with Gasteiger partial charge in [-0.1, -0.05) is 46.0 Å². The molecule has 4 N–H and O–H groups in total. The van der Waals surface area contributed by atoms with Gasteiger partial charge in [0.25, 0.3) is 0 Å². The van der Waals surface area contributed by atoms with Gasteiger partial charge in [-0.25, -0.2) is 0 Å². The van der Waals surface area contributed by atoms with Crippen molar-refractivity contribution in [1.29, 1.82) is 0 Å². The van der Waals surface area contributed by atoms with Crippen LogP contribution in [0.15, 0.2) is 0 Å². The van der Waals surface area contributed by atoms with E-state index in [0.717, 1.165) is 51.4 Å². The molecule has 1 aliphatic rings. The first-order valence-electron chi connectivity index (χ1n) is 8.41. The van der Waals surface area contributed by atoms with Crippen LogP contribution in [0.3, 0.4) is 0 Å². The Hall–Kier alpha value is -1.10. The Morgan fingerprint density at radius 3 is 2.38 bits per heavy atom. The highest BCUT2D eigenvalue weighted by Gasteiger charge is 2.41. The van der Waals surface area contributed by atoms with Gasteiger partial charge in [-0.2, -0.15) is 0 Å². The van der Waals surface area contributed by atoms with Crippen molar-refractivity contribution in [1.82, 2.24) is 10.6 Å². The number of carbonyl (C=O) groups is 2. The van der Waals surface area contributed by atoms with Crippen LogP contribution < -0.4 is 16.4 Å². The van der Waals surface area contributed by atoms with Gasteiger partial charge in [-0.3, -0.25) is 9.59 Å². The lowest BCUT2D eigenvalue weighted by Crippen LogP contribution is -2.62. The third-order valence-electron chi connectivity index (χ3n) is 4.26. The first-order valence-corrected chi connectivity index (χ1v) is 8.41. The van der Waals surface area contributed by atoms with Crippen LogP contribution in [-0.2, 0) is 9.59 Å². The van der Waals surface area contributed by atoms with Crippen molar-refractivity contribution < 1.29 is 9.59 Å². The highest BCUT2D eigenvalue weighted by molar-refractivity contribution is 5.93. The predicted octanol–water partition coefficient (Wildman–Crippen LogP) is 1.85. The van der Waals surface area contributed by atoms with E-state index in [1.165, 1.54) is 0 Å². The number of hydrogen-bond acceptors (Lipinski definition) is 3. The quantitative estimate of drug-likeness (QED) is 0.598. The molecular formula is C16H31N3O2. The van der Waals surface area contributed by atoms with Crippen molar-refractivity contribution >= 4 is 11.8 Å². The van der Waals surface area contributed by atoms with E-state index in [4.69, 9.17) is 5.73 Å². The lowest BCUT2D eigenvalue weighted by atomic mass is 9.80. The van der Waals surface area contributed by atoms with E-state index in [2.05, 4.69) is 17.6 Å². The molecule has 5 heteroatoms. The van der Waals surface area contributed by atoms with Crippen LogP contribution in [0.4, 0.5) is 0 Å². The van der Waals surface area contributed by atoms with Gasteiger partial charge < -0.3 is 16.4 Å². The van der Waals surface area contributed by atoms with E-state index in [9.17, 15) is 9.59 Å². The van der Waals surface area contributed by atoms with Crippen molar-refractivity contribution in [2.45, 2.75) is 83.2 Å². The van der Waals surface area contributed by atoms with Crippen LogP contribution in [0.5, 0.6) is 0 Å². The number of hydrogen-bond donors (Lipinski definition) is 3. The van der Waals surface area contributed by atoms with E-state index in [1.807, 2.05) is 6.92 Å². The van der Waals surface area contributed by atoms with Crippen LogP contribution in [0, 0.1) is 0 Å². The molecular weight excluding hydrogens is 266 g/mol. The van der Waals surface area contributed by atoms with Gasteiger partial charge in [0.05, 0.1) is 6.04 Å². The average molecular weight is 297 g/mol. The van der Waals surface area contributed by atoms with E-state index in [1.54, 1.807) is 0 Å². The molecule has 0 bridgehead atoms. The molecule has 1 fully saturated rings. The monoisotopic (exact) mass is 297 g/mol. The first-order chi connectivity index (χ1) is 10.1. The Morgan fingerprint density at radius 1 is 1.14 bits per heavy atom. The predicted molar refractivity (Wildman–Crippen MR) is 84.8 cm³/mol. The summed E-state index contributed by atoms with van der Waals surface area (Å²) < 4.78 is 0. The van der Waals surface area contributed by atoms with Gasteiger partial charge in [-0.05, 0) is 25.7 Å². The van der Waals surface area contributed by atoms with Gasteiger partial charge in [0, 0.05) is 6.54 Å². The summed E-state index contributed by atoms with van der Waals surface area (Å²) >= 11 is 0. The minimum Gasteiger partial charge on any atom is -0.354 e. The van der Waals surface area contributed by atoms with Gasteiger partial charge >= 0.3 is 0 Å². The second-order valence-corrected chi connectivity index (χ2v) is 6.14. The van der Waals surface area contributed by atoms with Crippen LogP contribution in [0.2, 0.25) is 0 Å². The van der Waals surface area contributed by atoms with Gasteiger partial charge in [0.2, 0.25) is 11.8 Å². The van der Waals surface area contributed by atoms with Crippen LogP contribution >= 0.6 is 0 Å². The number of carbonyl (C=O) groups excluding carboxylic acids is 2. The zero-order chi connectivity index (χ0) is 15.7. The average Bonchev–Trinajstić information content (AvgIpc) is 2.48. The van der Waals surface area contributed by atoms with E-state index in [-0.39, 0.29) is 11.8 Å². The number of unbranched alkanes of at least 4 members (excludes halogenated alkanes) is 1. The Kier molecular flexibility index (Phi) is 7.72. The van der Waals surface area contributed by atoms with Crippen molar-refractivity contribution in [2.75, 3.05) is 6.54 Å². The molecule has 122 valence electrons. The summed E-state index contributed by atoms with van der Waals surface area (Å²) in [5, 5.41) is 5.94. The summed E-state index contributed by atoms with van der Waals surface area (Å²) in [6, 6.07) is -0.516. The number of nitrogens with one attached hydrogen (secondary N) is 2. The Morgan fingerprint density at radius 2 is 1.81 bits per heavy atom. The summed E-state index contributed by atoms with van der Waals surface area (Å²) in [6.45, 7) is 4.77. The Balaban J connectivity index is 2.69. The lowest BCUT2D eigenvalue weighted by Gasteiger charge is -2.37. The molecule has 1 aliphatic carbocycles. The third-order valence-corrected chi connectivity index (χ3v) is 4.26. The molecule has 0 aromatic rings. The standard InChI is InChI=1S/C16H31N3O2/c1-3-5-12-18-15(21)16(10-7-6-8-11-16)19-14(20)13(17)9-4-2/h13H,3-12,17H2,1-2H3,(H,18,21)(H,19,20). The molecule has 1 saturated carbocycles. The van der Waals surface area contributed by atoms with Gasteiger partial charge in [0.15, 0.2) is 0 Å². The van der Waals surface area contributed by atoms with E-state index >= 15 is 0 Å². The maximum atomic E-state index is 12.5. The molecule has 21 heavy (non-hydrogen) atoms. The SMILES string of the molecule is CCCCNC(=O)C1(NC(=O)C(N)CCC)CCCCC1. The summed E-state index contributed by atoms with van der Waals surface area (Å²) in [7, 11) is 0. The van der Waals surface area contributed by atoms with Gasteiger partial charge in [0.1, 0.15) is 5.54 Å². The van der Waals surface area contributed by atoms with Crippen molar-refractivity contribution in [3.8, 4) is 0 Å². The van der Waals surface area contributed by atoms with Crippen molar-refractivity contribution in [3.63, 3.8) is 0 Å². The Bertz CT molecular complexity index is 338. The molecule has 0 radical (unpaired) electrons. The van der Waals surface area contributed by atoms with E-state index < -0.39 is 11.6 Å². The largest absolute Gasteiger partial charge is 0.354 e. The second kappa shape index (κ2) is 9.03. The molecule has 1 atom stereocenters. The van der Waals surface area contributed by atoms with Crippen LogP contribution in [-0.4, -0.2) is 29.9 Å². The first kappa shape index (κ1) is 18.0. The second-order valence-electron chi connectivity index (χ2n) is 6.14. The van der Waals surface area contributed by atoms with Crippen LogP contribution in [0.25, 0.3) is 0 Å². The summed E-state index contributed by atoms with van der Waals surface area (Å²) in [5.74, 6) is -0.225. The highest BCUT2D eigenvalue weighted by Crippen LogP contribution is 2.28. The molecule has 0 aromatic heterocycles. The third kappa shape index (κ3) is 5.30. The number of rotatable bonds is 8.